The summed E-state index contributed by atoms with van der Waals surface area (Å²) in [6.45, 7) is 0. The Morgan fingerprint density at radius 1 is 1.28 bits per heavy atom. The highest BCUT2D eigenvalue weighted by molar-refractivity contribution is 7.92. The maximum absolute atomic E-state index is 12.3. The van der Waals surface area contributed by atoms with E-state index >= 15 is 0 Å². The van der Waals surface area contributed by atoms with Crippen LogP contribution in [0, 0.1) is 10.1 Å². The molecule has 2 rings (SSSR count). The number of nitrogens with zero attached hydrogens (tertiary/aromatic N) is 1. The number of nitro benzene ring substituents is 1. The van der Waals surface area contributed by atoms with Crippen LogP contribution in [0.15, 0.2) is 23.1 Å². The molecule has 0 unspecified atom stereocenters. The van der Waals surface area contributed by atoms with Gasteiger partial charge in [0.25, 0.3) is 5.69 Å². The summed E-state index contributed by atoms with van der Waals surface area (Å²) in [6.07, 6.45) is 3.03. The Morgan fingerprint density at radius 2 is 1.89 bits per heavy atom. The Labute approximate surface area is 107 Å². The molecule has 1 aromatic rings. The Bertz CT molecular complexity index is 579. The van der Waals surface area contributed by atoms with Crippen LogP contribution in [0.2, 0.25) is 0 Å². The SMILES string of the molecule is [B]c1ccc(S(=O)(=O)C2CCCC2)cc1[N+](=O)[O-]. The van der Waals surface area contributed by atoms with Gasteiger partial charge in [-0.1, -0.05) is 18.9 Å². The third-order valence-corrected chi connectivity index (χ3v) is 5.53. The summed E-state index contributed by atoms with van der Waals surface area (Å²) < 4.78 is 24.5. The van der Waals surface area contributed by atoms with Crippen molar-refractivity contribution < 1.29 is 13.3 Å². The summed E-state index contributed by atoms with van der Waals surface area (Å²) >= 11 is 0. The molecular formula is C11H12BNO4S. The van der Waals surface area contributed by atoms with Crippen LogP contribution in [0.4, 0.5) is 5.69 Å². The molecular weight excluding hydrogens is 253 g/mol. The van der Waals surface area contributed by atoms with Gasteiger partial charge in [0.15, 0.2) is 9.84 Å². The summed E-state index contributed by atoms with van der Waals surface area (Å²) in [5, 5.41) is 10.3. The van der Waals surface area contributed by atoms with Crippen molar-refractivity contribution in [2.75, 3.05) is 0 Å². The van der Waals surface area contributed by atoms with Crippen molar-refractivity contribution >= 4 is 28.8 Å². The predicted octanol–water partition coefficient (Wildman–Crippen LogP) is 1.10. The van der Waals surface area contributed by atoms with Crippen LogP contribution in [-0.2, 0) is 9.84 Å². The topological polar surface area (TPSA) is 77.3 Å². The van der Waals surface area contributed by atoms with Gasteiger partial charge in [-0.25, -0.2) is 8.42 Å². The Morgan fingerprint density at radius 3 is 2.44 bits per heavy atom. The van der Waals surface area contributed by atoms with E-state index in [1.165, 1.54) is 12.1 Å². The lowest BCUT2D eigenvalue weighted by molar-refractivity contribution is -0.383. The monoisotopic (exact) mass is 265 g/mol. The summed E-state index contributed by atoms with van der Waals surface area (Å²) in [5.41, 5.74) is -0.376. The minimum Gasteiger partial charge on any atom is -0.258 e. The molecule has 1 saturated carbocycles. The normalized spacial score (nSPS) is 16.9. The van der Waals surface area contributed by atoms with E-state index in [0.29, 0.717) is 12.8 Å². The first-order valence-corrected chi connectivity index (χ1v) is 7.25. The first kappa shape index (κ1) is 13.1. The molecule has 2 radical (unpaired) electrons. The Balaban J connectivity index is 2.45. The van der Waals surface area contributed by atoms with Crippen LogP contribution in [0.5, 0.6) is 0 Å². The zero-order valence-corrected chi connectivity index (χ0v) is 10.5. The molecule has 0 amide bonds. The summed E-state index contributed by atoms with van der Waals surface area (Å²) in [5.74, 6) is 0. The highest BCUT2D eigenvalue weighted by atomic mass is 32.2. The largest absolute Gasteiger partial charge is 0.263 e. The van der Waals surface area contributed by atoms with Crippen LogP contribution in [0.25, 0.3) is 0 Å². The average molecular weight is 265 g/mol. The lowest BCUT2D eigenvalue weighted by atomic mass is 9.94. The molecule has 94 valence electrons. The van der Waals surface area contributed by atoms with Crippen molar-refractivity contribution in [2.24, 2.45) is 0 Å². The molecule has 0 bridgehead atoms. The van der Waals surface area contributed by atoms with Gasteiger partial charge in [0.05, 0.1) is 15.1 Å². The molecule has 1 aromatic carbocycles. The molecule has 1 fully saturated rings. The number of rotatable bonds is 3. The number of sulfone groups is 1. The van der Waals surface area contributed by atoms with Crippen LogP contribution in [-0.4, -0.2) is 26.4 Å². The second kappa shape index (κ2) is 4.72. The van der Waals surface area contributed by atoms with Gasteiger partial charge in [0, 0.05) is 6.07 Å². The highest BCUT2D eigenvalue weighted by Crippen LogP contribution is 2.30. The van der Waals surface area contributed by atoms with Crippen molar-refractivity contribution in [2.45, 2.75) is 35.8 Å². The second-order valence-corrected chi connectivity index (χ2v) is 6.66. The van der Waals surface area contributed by atoms with Gasteiger partial charge in [-0.3, -0.25) is 10.1 Å². The van der Waals surface area contributed by atoms with E-state index in [4.69, 9.17) is 7.85 Å². The fraction of sp³-hybridized carbons (Fsp3) is 0.455. The van der Waals surface area contributed by atoms with Gasteiger partial charge in [0.2, 0.25) is 0 Å². The molecule has 18 heavy (non-hydrogen) atoms. The first-order chi connectivity index (χ1) is 8.43. The first-order valence-electron chi connectivity index (χ1n) is 5.71. The van der Waals surface area contributed by atoms with E-state index in [1.807, 2.05) is 0 Å². The standard InChI is InChI=1S/C11H12BNO4S/c12-10-6-5-9(7-11(10)13(14)15)18(16,17)8-3-1-2-4-8/h5-8H,1-4H2. The van der Waals surface area contributed by atoms with Crippen LogP contribution in [0.1, 0.15) is 25.7 Å². The summed E-state index contributed by atoms with van der Waals surface area (Å²) in [6, 6.07) is 3.68. The maximum Gasteiger partial charge on any atom is 0.263 e. The molecule has 0 aliphatic heterocycles. The fourth-order valence-corrected chi connectivity index (χ4v) is 4.12. The Kier molecular flexibility index (Phi) is 3.43. The summed E-state index contributed by atoms with van der Waals surface area (Å²) in [7, 11) is 1.98. The van der Waals surface area contributed by atoms with Crippen molar-refractivity contribution in [3.05, 3.63) is 28.3 Å². The van der Waals surface area contributed by atoms with Gasteiger partial charge >= 0.3 is 0 Å². The number of hydrogen-bond donors (Lipinski definition) is 0. The van der Waals surface area contributed by atoms with Gasteiger partial charge in [-0.05, 0) is 24.4 Å². The van der Waals surface area contributed by atoms with E-state index in [2.05, 4.69) is 0 Å². The molecule has 1 aliphatic rings. The van der Waals surface area contributed by atoms with Crippen molar-refractivity contribution in [3.63, 3.8) is 0 Å². The number of hydrogen-bond acceptors (Lipinski definition) is 4. The minimum absolute atomic E-state index is 0.00435. The lowest BCUT2D eigenvalue weighted by Gasteiger charge is -2.11. The molecule has 1 aliphatic carbocycles. The smallest absolute Gasteiger partial charge is 0.258 e. The molecule has 0 spiro atoms. The zero-order valence-electron chi connectivity index (χ0n) is 9.70. The quantitative estimate of drug-likeness (QED) is 0.466. The van der Waals surface area contributed by atoms with E-state index in [1.54, 1.807) is 0 Å². The predicted molar refractivity (Wildman–Crippen MR) is 67.9 cm³/mol. The zero-order chi connectivity index (χ0) is 13.3. The molecule has 0 N–H and O–H groups in total. The van der Waals surface area contributed by atoms with Crippen LogP contribution >= 0.6 is 0 Å². The van der Waals surface area contributed by atoms with E-state index in [9.17, 15) is 18.5 Å². The lowest BCUT2D eigenvalue weighted by Crippen LogP contribution is -2.19. The van der Waals surface area contributed by atoms with E-state index < -0.39 is 20.0 Å². The van der Waals surface area contributed by atoms with Gasteiger partial charge in [-0.2, -0.15) is 0 Å². The minimum atomic E-state index is -3.47. The molecule has 7 heteroatoms. The molecule has 0 atom stereocenters. The van der Waals surface area contributed by atoms with Crippen molar-refractivity contribution in [1.29, 1.82) is 0 Å². The molecule has 5 nitrogen and oxygen atoms in total. The Hall–Kier alpha value is -1.37. The molecule has 0 aromatic heterocycles. The molecule has 0 saturated heterocycles. The maximum atomic E-state index is 12.3. The third-order valence-electron chi connectivity index (χ3n) is 3.27. The van der Waals surface area contributed by atoms with Crippen molar-refractivity contribution in [3.8, 4) is 0 Å². The van der Waals surface area contributed by atoms with Gasteiger partial charge in [-0.15, -0.1) is 0 Å². The van der Waals surface area contributed by atoms with Crippen molar-refractivity contribution in [1.82, 2.24) is 0 Å². The van der Waals surface area contributed by atoms with E-state index in [0.717, 1.165) is 18.9 Å². The fourth-order valence-electron chi connectivity index (χ4n) is 2.25. The third kappa shape index (κ3) is 2.27. The van der Waals surface area contributed by atoms with E-state index in [-0.39, 0.29) is 16.0 Å². The summed E-state index contributed by atoms with van der Waals surface area (Å²) in [4.78, 5) is 10.1. The second-order valence-electron chi connectivity index (χ2n) is 4.43. The van der Waals surface area contributed by atoms with Gasteiger partial charge < -0.3 is 0 Å². The average Bonchev–Trinajstić information content (AvgIpc) is 2.82. The number of nitro groups is 1. The van der Waals surface area contributed by atoms with Gasteiger partial charge in [0.1, 0.15) is 7.85 Å². The number of benzene rings is 1. The highest BCUT2D eigenvalue weighted by Gasteiger charge is 2.31. The van der Waals surface area contributed by atoms with Crippen LogP contribution in [0.3, 0.4) is 0 Å². The molecule has 0 heterocycles. The van der Waals surface area contributed by atoms with Crippen LogP contribution < -0.4 is 5.46 Å².